The Morgan fingerprint density at radius 3 is 3.05 bits per heavy atom. The van der Waals surface area contributed by atoms with Gasteiger partial charge in [-0.05, 0) is 54.1 Å². The minimum atomic E-state index is 0.453. The summed E-state index contributed by atoms with van der Waals surface area (Å²) in [6.45, 7) is 2.53. The Hall–Kier alpha value is -1.76. The van der Waals surface area contributed by atoms with Crippen LogP contribution >= 0.6 is 11.8 Å². The van der Waals surface area contributed by atoms with Crippen LogP contribution in [0, 0.1) is 0 Å². The second kappa shape index (κ2) is 5.08. The van der Waals surface area contributed by atoms with E-state index >= 15 is 0 Å². The predicted octanol–water partition coefficient (Wildman–Crippen LogP) is 2.14. The third-order valence-electron chi connectivity index (χ3n) is 2.88. The predicted molar refractivity (Wildman–Crippen MR) is 72.2 cm³/mol. The Kier molecular flexibility index (Phi) is 3.29. The lowest BCUT2D eigenvalue weighted by Crippen LogP contribution is -2.00. The van der Waals surface area contributed by atoms with Gasteiger partial charge in [0.1, 0.15) is 5.75 Å². The van der Waals surface area contributed by atoms with Gasteiger partial charge in [0.15, 0.2) is 0 Å². The third-order valence-corrected chi connectivity index (χ3v) is 3.91. The van der Waals surface area contributed by atoms with E-state index in [2.05, 4.69) is 15.5 Å². The molecule has 0 bridgehead atoms. The SMILES string of the molecule is CCOc1cccc(Sc2nnnn2C2CC2)c1N. The molecule has 7 heteroatoms. The minimum absolute atomic E-state index is 0.453. The van der Waals surface area contributed by atoms with Crippen molar-refractivity contribution < 1.29 is 4.74 Å². The standard InChI is InChI=1S/C12H15N5OS/c1-2-18-9-4-3-5-10(11(9)13)19-12-14-15-16-17(12)8-6-7-8/h3-5,8H,2,6-7,13H2,1H3. The van der Waals surface area contributed by atoms with Crippen LogP contribution in [0.2, 0.25) is 0 Å². The Balaban J connectivity index is 1.86. The van der Waals surface area contributed by atoms with Crippen molar-refractivity contribution in [1.82, 2.24) is 20.2 Å². The highest BCUT2D eigenvalue weighted by molar-refractivity contribution is 7.99. The summed E-state index contributed by atoms with van der Waals surface area (Å²) in [6.07, 6.45) is 2.29. The molecule has 100 valence electrons. The van der Waals surface area contributed by atoms with Gasteiger partial charge in [-0.25, -0.2) is 4.68 Å². The van der Waals surface area contributed by atoms with Crippen LogP contribution in [0.1, 0.15) is 25.8 Å². The van der Waals surface area contributed by atoms with Gasteiger partial charge >= 0.3 is 0 Å². The molecule has 0 aliphatic heterocycles. The summed E-state index contributed by atoms with van der Waals surface area (Å²) in [6, 6.07) is 6.20. The first kappa shape index (κ1) is 12.3. The van der Waals surface area contributed by atoms with E-state index < -0.39 is 0 Å². The summed E-state index contributed by atoms with van der Waals surface area (Å²) in [7, 11) is 0. The molecule has 19 heavy (non-hydrogen) atoms. The first-order valence-corrected chi connectivity index (χ1v) is 7.08. The van der Waals surface area contributed by atoms with Crippen LogP contribution in [0.3, 0.4) is 0 Å². The van der Waals surface area contributed by atoms with E-state index in [0.29, 0.717) is 24.1 Å². The maximum atomic E-state index is 6.10. The molecule has 3 rings (SSSR count). The van der Waals surface area contributed by atoms with E-state index in [-0.39, 0.29) is 0 Å². The van der Waals surface area contributed by atoms with Gasteiger partial charge in [0, 0.05) is 4.90 Å². The molecule has 1 saturated carbocycles. The molecular weight excluding hydrogens is 262 g/mol. The van der Waals surface area contributed by atoms with Gasteiger partial charge in [-0.2, -0.15) is 0 Å². The van der Waals surface area contributed by atoms with Gasteiger partial charge in [0.25, 0.3) is 0 Å². The Labute approximate surface area is 115 Å². The third kappa shape index (κ3) is 2.51. The van der Waals surface area contributed by atoms with Crippen LogP contribution in [-0.2, 0) is 0 Å². The van der Waals surface area contributed by atoms with Crippen molar-refractivity contribution in [3.63, 3.8) is 0 Å². The number of ether oxygens (including phenoxy) is 1. The van der Waals surface area contributed by atoms with Crippen LogP contribution in [0.15, 0.2) is 28.3 Å². The largest absolute Gasteiger partial charge is 0.492 e. The summed E-state index contributed by atoms with van der Waals surface area (Å²) < 4.78 is 7.36. The van der Waals surface area contributed by atoms with Gasteiger partial charge in [0.05, 0.1) is 18.3 Å². The van der Waals surface area contributed by atoms with E-state index in [1.807, 2.05) is 29.8 Å². The lowest BCUT2D eigenvalue weighted by molar-refractivity contribution is 0.341. The quantitative estimate of drug-likeness (QED) is 0.843. The highest BCUT2D eigenvalue weighted by Crippen LogP contribution is 2.40. The summed E-state index contributed by atoms with van der Waals surface area (Å²) in [5.41, 5.74) is 6.74. The molecule has 1 aromatic heterocycles. The second-order valence-corrected chi connectivity index (χ2v) is 5.35. The molecule has 1 fully saturated rings. The minimum Gasteiger partial charge on any atom is -0.492 e. The fourth-order valence-electron chi connectivity index (χ4n) is 1.79. The topological polar surface area (TPSA) is 78.9 Å². The summed E-state index contributed by atoms with van der Waals surface area (Å²) >= 11 is 1.48. The summed E-state index contributed by atoms with van der Waals surface area (Å²) in [5, 5.41) is 12.6. The number of hydrogen-bond donors (Lipinski definition) is 1. The first-order chi connectivity index (χ1) is 9.29. The van der Waals surface area contributed by atoms with E-state index in [4.69, 9.17) is 10.5 Å². The summed E-state index contributed by atoms with van der Waals surface area (Å²) in [4.78, 5) is 0.919. The van der Waals surface area contributed by atoms with Crippen LogP contribution in [-0.4, -0.2) is 26.8 Å². The maximum Gasteiger partial charge on any atom is 0.214 e. The molecule has 1 aliphatic rings. The molecule has 0 spiro atoms. The number of hydrogen-bond acceptors (Lipinski definition) is 6. The monoisotopic (exact) mass is 277 g/mol. The van der Waals surface area contributed by atoms with E-state index in [0.717, 1.165) is 22.9 Å². The van der Waals surface area contributed by atoms with Crippen molar-refractivity contribution in [2.24, 2.45) is 0 Å². The van der Waals surface area contributed by atoms with Crippen molar-refractivity contribution in [3.05, 3.63) is 18.2 Å². The molecule has 0 amide bonds. The number of benzene rings is 1. The maximum absolute atomic E-state index is 6.10. The first-order valence-electron chi connectivity index (χ1n) is 6.26. The zero-order valence-electron chi connectivity index (χ0n) is 10.6. The average molecular weight is 277 g/mol. The Morgan fingerprint density at radius 1 is 1.47 bits per heavy atom. The van der Waals surface area contributed by atoms with Gasteiger partial charge in [-0.3, -0.25) is 0 Å². The molecule has 0 unspecified atom stereocenters. The van der Waals surface area contributed by atoms with Gasteiger partial charge in [-0.15, -0.1) is 5.10 Å². The molecule has 1 heterocycles. The highest BCUT2D eigenvalue weighted by Gasteiger charge is 2.28. The fourth-order valence-corrected chi connectivity index (χ4v) is 2.70. The lowest BCUT2D eigenvalue weighted by Gasteiger charge is -2.10. The zero-order chi connectivity index (χ0) is 13.2. The van der Waals surface area contributed by atoms with Crippen LogP contribution < -0.4 is 10.5 Å². The number of rotatable bonds is 5. The normalized spacial score (nSPS) is 14.6. The highest BCUT2D eigenvalue weighted by atomic mass is 32.2. The Morgan fingerprint density at radius 2 is 2.32 bits per heavy atom. The van der Waals surface area contributed by atoms with Gasteiger partial charge in [0.2, 0.25) is 5.16 Å². The number of tetrazole rings is 1. The molecule has 2 aromatic rings. The van der Waals surface area contributed by atoms with Crippen molar-refractivity contribution in [2.75, 3.05) is 12.3 Å². The number of nitrogens with two attached hydrogens (primary N) is 1. The van der Waals surface area contributed by atoms with Crippen LogP contribution in [0.25, 0.3) is 0 Å². The molecule has 1 aromatic carbocycles. The molecule has 0 radical (unpaired) electrons. The molecule has 1 aliphatic carbocycles. The molecule has 2 N–H and O–H groups in total. The average Bonchev–Trinajstić information content (AvgIpc) is 3.15. The molecule has 0 atom stereocenters. The zero-order valence-corrected chi connectivity index (χ0v) is 11.4. The number of aromatic nitrogens is 4. The summed E-state index contributed by atoms with van der Waals surface area (Å²) in [5.74, 6) is 0.706. The van der Waals surface area contributed by atoms with Crippen LogP contribution in [0.5, 0.6) is 5.75 Å². The van der Waals surface area contributed by atoms with Crippen molar-refractivity contribution in [2.45, 2.75) is 35.9 Å². The fraction of sp³-hybridized carbons (Fsp3) is 0.417. The number of para-hydroxylation sites is 1. The van der Waals surface area contributed by atoms with E-state index in [1.165, 1.54) is 11.8 Å². The van der Waals surface area contributed by atoms with Crippen molar-refractivity contribution in [3.8, 4) is 5.75 Å². The number of nitrogens with zero attached hydrogens (tertiary/aromatic N) is 4. The smallest absolute Gasteiger partial charge is 0.214 e. The van der Waals surface area contributed by atoms with Gasteiger partial charge in [-0.1, -0.05) is 6.07 Å². The Bertz CT molecular complexity index is 581. The molecule has 6 nitrogen and oxygen atoms in total. The van der Waals surface area contributed by atoms with E-state index in [1.54, 1.807) is 0 Å². The van der Waals surface area contributed by atoms with E-state index in [9.17, 15) is 0 Å². The second-order valence-electron chi connectivity index (χ2n) is 4.34. The number of anilines is 1. The molecule has 0 saturated heterocycles. The van der Waals surface area contributed by atoms with Crippen molar-refractivity contribution in [1.29, 1.82) is 0 Å². The van der Waals surface area contributed by atoms with Gasteiger partial charge < -0.3 is 10.5 Å². The van der Waals surface area contributed by atoms with Crippen molar-refractivity contribution >= 4 is 17.4 Å². The van der Waals surface area contributed by atoms with Crippen LogP contribution in [0.4, 0.5) is 5.69 Å². The lowest BCUT2D eigenvalue weighted by atomic mass is 10.3. The number of nitrogen functional groups attached to an aromatic ring is 1. The molecular formula is C12H15N5OS.